The molecule has 1 aliphatic carbocycles. The lowest BCUT2D eigenvalue weighted by atomic mass is 9.80. The Kier molecular flexibility index (Phi) is 3.52. The van der Waals surface area contributed by atoms with Crippen molar-refractivity contribution in [3.63, 3.8) is 0 Å². The Morgan fingerprint density at radius 1 is 0.895 bits per heavy atom. The Morgan fingerprint density at radius 3 is 1.89 bits per heavy atom. The molecule has 0 amide bonds. The third kappa shape index (κ3) is 2.64. The Labute approximate surface area is 121 Å². The van der Waals surface area contributed by atoms with Crippen LogP contribution in [0.15, 0.2) is 53.0 Å². The van der Waals surface area contributed by atoms with E-state index in [9.17, 15) is 4.79 Å². The fourth-order valence-corrected chi connectivity index (χ4v) is 2.68. The summed E-state index contributed by atoms with van der Waals surface area (Å²) in [5, 5.41) is 0. The molecule has 19 heavy (non-hydrogen) atoms. The molecule has 0 heterocycles. The van der Waals surface area contributed by atoms with Crippen molar-refractivity contribution in [1.29, 1.82) is 0 Å². The van der Waals surface area contributed by atoms with Crippen LogP contribution in [0.2, 0.25) is 0 Å². The van der Waals surface area contributed by atoms with Crippen molar-refractivity contribution in [2.75, 3.05) is 0 Å². The fraction of sp³-hybridized carbons (Fsp3) is 0.235. The van der Waals surface area contributed by atoms with Crippen molar-refractivity contribution in [3.05, 3.63) is 69.7 Å². The van der Waals surface area contributed by atoms with Crippen molar-refractivity contribution in [3.8, 4) is 0 Å². The summed E-state index contributed by atoms with van der Waals surface area (Å²) < 4.78 is 0.990. The molecule has 0 saturated heterocycles. The van der Waals surface area contributed by atoms with Crippen molar-refractivity contribution >= 4 is 21.7 Å². The second-order valence-corrected chi connectivity index (χ2v) is 6.00. The summed E-state index contributed by atoms with van der Waals surface area (Å²) in [6.45, 7) is 0. The van der Waals surface area contributed by atoms with Crippen LogP contribution in [0.25, 0.3) is 0 Å². The number of halogens is 1. The van der Waals surface area contributed by atoms with Gasteiger partial charge in [-0.3, -0.25) is 4.79 Å². The van der Waals surface area contributed by atoms with Crippen LogP contribution in [0.1, 0.15) is 46.7 Å². The number of hydrogen-bond donors (Lipinski definition) is 0. The highest BCUT2D eigenvalue weighted by molar-refractivity contribution is 9.10. The second-order valence-electron chi connectivity index (χ2n) is 5.09. The molecule has 96 valence electrons. The second kappa shape index (κ2) is 5.30. The van der Waals surface area contributed by atoms with Crippen LogP contribution in [-0.4, -0.2) is 5.78 Å². The molecule has 1 aliphatic rings. The first kappa shape index (κ1) is 12.6. The summed E-state index contributed by atoms with van der Waals surface area (Å²) >= 11 is 3.38. The van der Waals surface area contributed by atoms with Gasteiger partial charge in [-0.1, -0.05) is 46.6 Å². The van der Waals surface area contributed by atoms with Crippen LogP contribution in [-0.2, 0) is 0 Å². The van der Waals surface area contributed by atoms with Crippen molar-refractivity contribution < 1.29 is 4.79 Å². The lowest BCUT2D eigenvalue weighted by Gasteiger charge is -2.25. The van der Waals surface area contributed by atoms with Gasteiger partial charge in [0, 0.05) is 15.6 Å². The maximum Gasteiger partial charge on any atom is 0.193 e. The van der Waals surface area contributed by atoms with Gasteiger partial charge in [0.1, 0.15) is 0 Å². The zero-order valence-corrected chi connectivity index (χ0v) is 12.2. The fourth-order valence-electron chi connectivity index (χ4n) is 2.42. The molecular formula is C17H15BrO. The standard InChI is InChI=1S/C17H15BrO/c18-16-10-8-15(9-11-16)17(19)14-6-4-13(5-7-14)12-2-1-3-12/h4-12H,1-3H2. The number of benzene rings is 2. The first-order valence-electron chi connectivity index (χ1n) is 6.64. The van der Waals surface area contributed by atoms with E-state index in [4.69, 9.17) is 0 Å². The minimum Gasteiger partial charge on any atom is -0.289 e. The molecule has 2 heteroatoms. The number of rotatable bonds is 3. The Morgan fingerprint density at radius 2 is 1.42 bits per heavy atom. The van der Waals surface area contributed by atoms with Crippen LogP contribution in [0, 0.1) is 0 Å². The van der Waals surface area contributed by atoms with Gasteiger partial charge in [-0.15, -0.1) is 0 Å². The molecule has 3 rings (SSSR count). The highest BCUT2D eigenvalue weighted by atomic mass is 79.9. The van der Waals surface area contributed by atoms with Crippen LogP contribution in [0.3, 0.4) is 0 Å². The quantitative estimate of drug-likeness (QED) is 0.733. The zero-order chi connectivity index (χ0) is 13.2. The van der Waals surface area contributed by atoms with Gasteiger partial charge in [0.05, 0.1) is 0 Å². The molecule has 2 aromatic rings. The van der Waals surface area contributed by atoms with Crippen molar-refractivity contribution in [2.24, 2.45) is 0 Å². The average Bonchev–Trinajstić information content (AvgIpc) is 2.38. The van der Waals surface area contributed by atoms with Gasteiger partial charge in [-0.25, -0.2) is 0 Å². The minimum absolute atomic E-state index is 0.0904. The normalized spacial score (nSPS) is 15.0. The highest BCUT2D eigenvalue weighted by Gasteiger charge is 2.19. The molecule has 0 atom stereocenters. The highest BCUT2D eigenvalue weighted by Crippen LogP contribution is 2.36. The van der Waals surface area contributed by atoms with Gasteiger partial charge in [0.15, 0.2) is 5.78 Å². The molecule has 0 bridgehead atoms. The lowest BCUT2D eigenvalue weighted by molar-refractivity contribution is 0.103. The maximum atomic E-state index is 12.3. The molecule has 1 fully saturated rings. The molecule has 0 aliphatic heterocycles. The van der Waals surface area contributed by atoms with E-state index in [2.05, 4.69) is 28.1 Å². The SMILES string of the molecule is O=C(c1ccc(Br)cc1)c1ccc(C2CCC2)cc1. The molecule has 0 spiro atoms. The summed E-state index contributed by atoms with van der Waals surface area (Å²) in [6, 6.07) is 15.6. The molecule has 0 radical (unpaired) electrons. The molecule has 0 unspecified atom stereocenters. The van der Waals surface area contributed by atoms with E-state index in [0.717, 1.165) is 21.5 Å². The van der Waals surface area contributed by atoms with Gasteiger partial charge >= 0.3 is 0 Å². The molecule has 1 saturated carbocycles. The van der Waals surface area contributed by atoms with Crippen LogP contribution >= 0.6 is 15.9 Å². The summed E-state index contributed by atoms with van der Waals surface area (Å²) in [5.74, 6) is 0.810. The van der Waals surface area contributed by atoms with Gasteiger partial charge in [0.2, 0.25) is 0 Å². The Hall–Kier alpha value is -1.41. The van der Waals surface area contributed by atoms with Crippen LogP contribution in [0.4, 0.5) is 0 Å². The molecule has 2 aromatic carbocycles. The third-order valence-corrected chi connectivity index (χ3v) is 4.38. The summed E-state index contributed by atoms with van der Waals surface area (Å²) in [6.07, 6.45) is 3.92. The maximum absolute atomic E-state index is 12.3. The first-order valence-corrected chi connectivity index (χ1v) is 7.43. The predicted molar refractivity (Wildman–Crippen MR) is 80.6 cm³/mol. The number of ketones is 1. The van der Waals surface area contributed by atoms with E-state index in [1.54, 1.807) is 0 Å². The smallest absolute Gasteiger partial charge is 0.193 e. The molecule has 1 nitrogen and oxygen atoms in total. The van der Waals surface area contributed by atoms with E-state index in [0.29, 0.717) is 0 Å². The van der Waals surface area contributed by atoms with Gasteiger partial charge in [-0.05, 0) is 48.6 Å². The largest absolute Gasteiger partial charge is 0.289 e. The Balaban J connectivity index is 1.81. The Bertz CT molecular complexity index is 580. The monoisotopic (exact) mass is 314 g/mol. The minimum atomic E-state index is 0.0904. The van der Waals surface area contributed by atoms with E-state index < -0.39 is 0 Å². The molecule has 0 N–H and O–H groups in total. The molecule has 0 aromatic heterocycles. The van der Waals surface area contributed by atoms with Gasteiger partial charge < -0.3 is 0 Å². The van der Waals surface area contributed by atoms with Gasteiger partial charge in [-0.2, -0.15) is 0 Å². The zero-order valence-electron chi connectivity index (χ0n) is 10.6. The van der Waals surface area contributed by atoms with E-state index >= 15 is 0 Å². The summed E-state index contributed by atoms with van der Waals surface area (Å²) in [7, 11) is 0. The van der Waals surface area contributed by atoms with Crippen LogP contribution in [0.5, 0.6) is 0 Å². The summed E-state index contributed by atoms with van der Waals surface area (Å²) in [5.41, 5.74) is 2.88. The predicted octanol–water partition coefficient (Wildman–Crippen LogP) is 4.95. The molecular weight excluding hydrogens is 300 g/mol. The third-order valence-electron chi connectivity index (χ3n) is 3.86. The van der Waals surface area contributed by atoms with E-state index in [1.165, 1.54) is 24.8 Å². The van der Waals surface area contributed by atoms with Crippen molar-refractivity contribution in [2.45, 2.75) is 25.2 Å². The van der Waals surface area contributed by atoms with Crippen molar-refractivity contribution in [1.82, 2.24) is 0 Å². The average molecular weight is 315 g/mol. The van der Waals surface area contributed by atoms with Gasteiger partial charge in [0.25, 0.3) is 0 Å². The number of carbonyl (C=O) groups excluding carboxylic acids is 1. The van der Waals surface area contributed by atoms with Crippen LogP contribution < -0.4 is 0 Å². The first-order chi connectivity index (χ1) is 9.24. The van der Waals surface area contributed by atoms with E-state index in [1.807, 2.05) is 36.4 Å². The number of hydrogen-bond acceptors (Lipinski definition) is 1. The van der Waals surface area contributed by atoms with E-state index in [-0.39, 0.29) is 5.78 Å². The lowest BCUT2D eigenvalue weighted by Crippen LogP contribution is -2.09. The summed E-state index contributed by atoms with van der Waals surface area (Å²) in [4.78, 5) is 12.3. The number of carbonyl (C=O) groups is 1. The topological polar surface area (TPSA) is 17.1 Å².